The van der Waals surface area contributed by atoms with Gasteiger partial charge >= 0.3 is 0 Å². The van der Waals surface area contributed by atoms with E-state index in [9.17, 15) is 0 Å². The Morgan fingerprint density at radius 3 is 2.70 bits per heavy atom. The fourth-order valence-electron chi connectivity index (χ4n) is 1.91. The summed E-state index contributed by atoms with van der Waals surface area (Å²) in [6.07, 6.45) is 1.72. The van der Waals surface area contributed by atoms with Gasteiger partial charge in [0.05, 0.1) is 11.2 Å². The lowest BCUT2D eigenvalue weighted by Crippen LogP contribution is -1.99. The Bertz CT molecular complexity index is 713. The summed E-state index contributed by atoms with van der Waals surface area (Å²) >= 11 is 5.72. The number of hydrogen-bond acceptors (Lipinski definition) is 3. The molecule has 1 aromatic carbocycles. The number of nitrogens with zero attached hydrogens (tertiary/aromatic N) is 2. The van der Waals surface area contributed by atoms with Gasteiger partial charge in [0.15, 0.2) is 0 Å². The number of fused-ring (bicyclic) bond motifs is 1. The molecule has 3 nitrogen and oxygen atoms in total. The first kappa shape index (κ1) is 12.9. The van der Waals surface area contributed by atoms with Crippen LogP contribution in [-0.2, 0) is 12.5 Å². The third-order valence-electron chi connectivity index (χ3n) is 2.98. The summed E-state index contributed by atoms with van der Waals surface area (Å²) < 4.78 is 5.62. The van der Waals surface area contributed by atoms with Crippen LogP contribution in [0.15, 0.2) is 54.7 Å². The van der Waals surface area contributed by atoms with Gasteiger partial charge in [-0.1, -0.05) is 30.3 Å². The molecule has 2 aromatic heterocycles. The number of alkyl halides is 1. The van der Waals surface area contributed by atoms with E-state index < -0.39 is 0 Å². The molecule has 0 bridgehead atoms. The van der Waals surface area contributed by atoms with E-state index in [4.69, 9.17) is 16.3 Å². The topological polar surface area (TPSA) is 35.0 Å². The summed E-state index contributed by atoms with van der Waals surface area (Å²) in [5.41, 5.74) is 2.83. The average Bonchev–Trinajstić information content (AvgIpc) is 2.53. The molecule has 100 valence electrons. The molecule has 0 atom stereocenters. The molecule has 0 saturated carbocycles. The number of para-hydroxylation sites is 1. The van der Waals surface area contributed by atoms with Gasteiger partial charge in [0.2, 0.25) is 5.88 Å². The predicted octanol–water partition coefficient (Wildman–Crippen LogP) is 3.95. The highest BCUT2D eigenvalue weighted by molar-refractivity contribution is 6.17. The SMILES string of the molecule is ClCc1ccc(OCc2ccc3ccccc3n2)nc1. The monoisotopic (exact) mass is 284 g/mol. The van der Waals surface area contributed by atoms with E-state index in [1.165, 1.54) is 0 Å². The van der Waals surface area contributed by atoms with Gasteiger partial charge in [0.25, 0.3) is 0 Å². The maximum absolute atomic E-state index is 5.72. The highest BCUT2D eigenvalue weighted by Gasteiger charge is 2.01. The Kier molecular flexibility index (Phi) is 3.79. The molecular weight excluding hydrogens is 272 g/mol. The molecule has 20 heavy (non-hydrogen) atoms. The van der Waals surface area contributed by atoms with Crippen molar-refractivity contribution in [3.63, 3.8) is 0 Å². The molecule has 0 fully saturated rings. The molecular formula is C16H13ClN2O. The second-order valence-corrected chi connectivity index (χ2v) is 4.69. The molecule has 4 heteroatoms. The van der Waals surface area contributed by atoms with Gasteiger partial charge in [-0.2, -0.15) is 0 Å². The third-order valence-corrected chi connectivity index (χ3v) is 3.28. The summed E-state index contributed by atoms with van der Waals surface area (Å²) in [5, 5.41) is 1.13. The molecule has 0 unspecified atom stereocenters. The van der Waals surface area contributed by atoms with Crippen molar-refractivity contribution in [3.05, 3.63) is 66.0 Å². The van der Waals surface area contributed by atoms with Gasteiger partial charge in [0.1, 0.15) is 6.61 Å². The Hall–Kier alpha value is -2.13. The van der Waals surface area contributed by atoms with Gasteiger partial charge < -0.3 is 4.74 Å². The van der Waals surface area contributed by atoms with E-state index in [-0.39, 0.29) is 0 Å². The number of halogens is 1. The number of aromatic nitrogens is 2. The van der Waals surface area contributed by atoms with Crippen LogP contribution in [0.5, 0.6) is 5.88 Å². The van der Waals surface area contributed by atoms with Gasteiger partial charge in [-0.15, -0.1) is 11.6 Å². The van der Waals surface area contributed by atoms with Crippen LogP contribution >= 0.6 is 11.6 Å². The quantitative estimate of drug-likeness (QED) is 0.681. The van der Waals surface area contributed by atoms with Crippen LogP contribution in [0.3, 0.4) is 0 Å². The Morgan fingerprint density at radius 2 is 1.90 bits per heavy atom. The number of hydrogen-bond donors (Lipinski definition) is 0. The summed E-state index contributed by atoms with van der Waals surface area (Å²) in [5.74, 6) is 1.04. The minimum absolute atomic E-state index is 0.401. The van der Waals surface area contributed by atoms with Crippen molar-refractivity contribution in [1.29, 1.82) is 0 Å². The van der Waals surface area contributed by atoms with Crippen LogP contribution in [0.4, 0.5) is 0 Å². The first-order valence-electron chi connectivity index (χ1n) is 6.33. The molecule has 0 spiro atoms. The highest BCUT2D eigenvalue weighted by Crippen LogP contribution is 2.14. The lowest BCUT2D eigenvalue weighted by atomic mass is 10.2. The van der Waals surface area contributed by atoms with Gasteiger partial charge in [0, 0.05) is 23.5 Å². The predicted molar refractivity (Wildman–Crippen MR) is 79.9 cm³/mol. The van der Waals surface area contributed by atoms with Crippen molar-refractivity contribution in [3.8, 4) is 5.88 Å². The molecule has 2 heterocycles. The molecule has 0 saturated heterocycles. The zero-order valence-electron chi connectivity index (χ0n) is 10.8. The molecule has 0 aliphatic carbocycles. The second-order valence-electron chi connectivity index (χ2n) is 4.42. The lowest BCUT2D eigenvalue weighted by Gasteiger charge is -2.06. The Labute approximate surface area is 122 Å². The van der Waals surface area contributed by atoms with E-state index in [0.717, 1.165) is 22.2 Å². The molecule has 3 aromatic rings. The average molecular weight is 285 g/mol. The summed E-state index contributed by atoms with van der Waals surface area (Å²) in [4.78, 5) is 8.74. The fraction of sp³-hybridized carbons (Fsp3) is 0.125. The number of benzene rings is 1. The van der Waals surface area contributed by atoms with Crippen molar-refractivity contribution >= 4 is 22.5 Å². The second kappa shape index (κ2) is 5.88. The minimum Gasteiger partial charge on any atom is -0.471 e. The van der Waals surface area contributed by atoms with Gasteiger partial charge in [-0.25, -0.2) is 9.97 Å². The molecule has 3 rings (SSSR count). The highest BCUT2D eigenvalue weighted by atomic mass is 35.5. The Balaban J connectivity index is 1.72. The minimum atomic E-state index is 0.401. The lowest BCUT2D eigenvalue weighted by molar-refractivity contribution is 0.289. The third kappa shape index (κ3) is 2.89. The van der Waals surface area contributed by atoms with E-state index in [1.54, 1.807) is 6.20 Å². The maximum atomic E-state index is 5.72. The smallest absolute Gasteiger partial charge is 0.213 e. The molecule has 0 amide bonds. The maximum Gasteiger partial charge on any atom is 0.213 e. The van der Waals surface area contributed by atoms with Crippen LogP contribution in [0, 0.1) is 0 Å². The number of ether oxygens (including phenoxy) is 1. The van der Waals surface area contributed by atoms with Crippen LogP contribution < -0.4 is 4.74 Å². The zero-order valence-corrected chi connectivity index (χ0v) is 11.5. The first-order chi connectivity index (χ1) is 9.85. The van der Waals surface area contributed by atoms with E-state index in [2.05, 4.69) is 9.97 Å². The first-order valence-corrected chi connectivity index (χ1v) is 6.87. The summed E-state index contributed by atoms with van der Waals surface area (Å²) in [6.45, 7) is 0.401. The van der Waals surface area contributed by atoms with Crippen molar-refractivity contribution in [2.75, 3.05) is 0 Å². The number of rotatable bonds is 4. The van der Waals surface area contributed by atoms with Crippen molar-refractivity contribution in [1.82, 2.24) is 9.97 Å². The van der Waals surface area contributed by atoms with Gasteiger partial charge in [-0.3, -0.25) is 0 Å². The van der Waals surface area contributed by atoms with Crippen LogP contribution in [0.25, 0.3) is 10.9 Å². The largest absolute Gasteiger partial charge is 0.471 e. The van der Waals surface area contributed by atoms with Crippen LogP contribution in [0.2, 0.25) is 0 Å². The van der Waals surface area contributed by atoms with Crippen molar-refractivity contribution in [2.45, 2.75) is 12.5 Å². The van der Waals surface area contributed by atoms with Crippen molar-refractivity contribution < 1.29 is 4.74 Å². The van der Waals surface area contributed by atoms with Crippen molar-refractivity contribution in [2.24, 2.45) is 0 Å². The molecule has 0 radical (unpaired) electrons. The van der Waals surface area contributed by atoms with E-state index in [0.29, 0.717) is 18.4 Å². The summed E-state index contributed by atoms with van der Waals surface area (Å²) in [6, 6.07) is 15.8. The Morgan fingerprint density at radius 1 is 1.00 bits per heavy atom. The molecule has 0 aliphatic rings. The van der Waals surface area contributed by atoms with Gasteiger partial charge in [-0.05, 0) is 17.7 Å². The van der Waals surface area contributed by atoms with E-state index in [1.807, 2.05) is 48.5 Å². The molecule has 0 aliphatic heterocycles. The summed E-state index contributed by atoms with van der Waals surface area (Å²) in [7, 11) is 0. The standard InChI is InChI=1S/C16H13ClN2O/c17-9-12-5-8-16(18-10-12)20-11-14-7-6-13-3-1-2-4-15(13)19-14/h1-8,10H,9,11H2. The van der Waals surface area contributed by atoms with Crippen LogP contribution in [0.1, 0.15) is 11.3 Å². The van der Waals surface area contributed by atoms with Crippen LogP contribution in [-0.4, -0.2) is 9.97 Å². The zero-order chi connectivity index (χ0) is 13.8. The molecule has 0 N–H and O–H groups in total. The van der Waals surface area contributed by atoms with E-state index >= 15 is 0 Å². The number of pyridine rings is 2. The fourth-order valence-corrected chi connectivity index (χ4v) is 2.07. The normalized spacial score (nSPS) is 10.7.